The topological polar surface area (TPSA) is 81.3 Å². The Morgan fingerprint density at radius 2 is 2.12 bits per heavy atom. The first-order chi connectivity index (χ1) is 7.97. The lowest BCUT2D eigenvalue weighted by atomic mass is 10.3. The van der Waals surface area contributed by atoms with E-state index in [9.17, 15) is 14.4 Å². The molecule has 0 aromatic carbocycles. The van der Waals surface area contributed by atoms with Gasteiger partial charge in [-0.2, -0.15) is 0 Å². The van der Waals surface area contributed by atoms with Crippen molar-refractivity contribution < 1.29 is 9.90 Å². The number of carboxylic acids is 1. The number of aryl methyl sites for hydroxylation is 1. The van der Waals surface area contributed by atoms with Crippen LogP contribution in [0.15, 0.2) is 33.5 Å². The number of hydrogen-bond donors (Lipinski definition) is 1. The molecule has 1 N–H and O–H groups in total. The summed E-state index contributed by atoms with van der Waals surface area (Å²) in [6.45, 7) is 3.63. The first-order valence-electron chi connectivity index (χ1n) is 5.17. The maximum absolute atomic E-state index is 11.8. The monoisotopic (exact) mass is 238 g/mol. The van der Waals surface area contributed by atoms with Gasteiger partial charge in [-0.3, -0.25) is 9.36 Å². The summed E-state index contributed by atoms with van der Waals surface area (Å²) < 4.78 is 2.38. The van der Waals surface area contributed by atoms with Gasteiger partial charge >= 0.3 is 11.7 Å². The van der Waals surface area contributed by atoms with Crippen LogP contribution < -0.4 is 11.2 Å². The molecule has 0 aliphatic rings. The number of allylic oxidation sites excluding steroid dienone is 1. The molecule has 0 aliphatic heterocycles. The molecule has 0 atom stereocenters. The number of carbonyl (C=O) groups is 1. The molecular formula is C11H14N2O4. The molecule has 6 heteroatoms. The smallest absolute Gasteiger partial charge is 0.331 e. The van der Waals surface area contributed by atoms with Gasteiger partial charge in [0.05, 0.1) is 0 Å². The van der Waals surface area contributed by atoms with Crippen molar-refractivity contribution in [2.24, 2.45) is 0 Å². The Bertz CT molecular complexity index is 566. The van der Waals surface area contributed by atoms with E-state index in [0.717, 1.165) is 4.57 Å². The molecule has 0 saturated carbocycles. The van der Waals surface area contributed by atoms with Crippen molar-refractivity contribution in [1.29, 1.82) is 0 Å². The van der Waals surface area contributed by atoms with Gasteiger partial charge in [0.1, 0.15) is 0 Å². The summed E-state index contributed by atoms with van der Waals surface area (Å²) >= 11 is 0. The molecular weight excluding hydrogens is 224 g/mol. The Labute approximate surface area is 97.4 Å². The molecule has 0 unspecified atom stereocenters. The van der Waals surface area contributed by atoms with Crippen molar-refractivity contribution in [1.82, 2.24) is 9.13 Å². The Balaban J connectivity index is 3.16. The number of rotatable bonds is 4. The minimum Gasteiger partial charge on any atom is -0.478 e. The lowest BCUT2D eigenvalue weighted by Crippen LogP contribution is -2.38. The molecule has 1 heterocycles. The van der Waals surface area contributed by atoms with E-state index >= 15 is 0 Å². The highest BCUT2D eigenvalue weighted by molar-refractivity contribution is 5.85. The fourth-order valence-corrected chi connectivity index (χ4v) is 1.28. The number of hydrogen-bond acceptors (Lipinski definition) is 3. The number of carboxylic acid groups (broad SMARTS) is 1. The third-order valence-corrected chi connectivity index (χ3v) is 2.40. The predicted octanol–water partition coefficient (Wildman–Crippen LogP) is 0.0608. The second-order valence-corrected chi connectivity index (χ2v) is 3.53. The lowest BCUT2D eigenvalue weighted by molar-refractivity contribution is -0.132. The van der Waals surface area contributed by atoms with Crippen molar-refractivity contribution in [3.63, 3.8) is 0 Å². The van der Waals surface area contributed by atoms with Crippen molar-refractivity contribution in [2.45, 2.75) is 26.9 Å². The Hall–Kier alpha value is -2.11. The zero-order valence-corrected chi connectivity index (χ0v) is 9.71. The van der Waals surface area contributed by atoms with E-state index in [1.165, 1.54) is 29.8 Å². The van der Waals surface area contributed by atoms with Crippen molar-refractivity contribution in [3.05, 3.63) is 44.8 Å². The average molecular weight is 238 g/mol. The van der Waals surface area contributed by atoms with Gasteiger partial charge in [0, 0.05) is 30.9 Å². The van der Waals surface area contributed by atoms with Crippen LogP contribution >= 0.6 is 0 Å². The van der Waals surface area contributed by atoms with Crippen LogP contribution in [0.2, 0.25) is 0 Å². The van der Waals surface area contributed by atoms with Crippen LogP contribution in [0.25, 0.3) is 0 Å². The van der Waals surface area contributed by atoms with Crippen molar-refractivity contribution in [3.8, 4) is 0 Å². The normalized spacial score (nSPS) is 11.5. The zero-order valence-electron chi connectivity index (χ0n) is 9.71. The van der Waals surface area contributed by atoms with Gasteiger partial charge in [0.2, 0.25) is 0 Å². The van der Waals surface area contributed by atoms with E-state index in [1.54, 1.807) is 6.92 Å². The van der Waals surface area contributed by atoms with Crippen LogP contribution in [0.1, 0.15) is 13.8 Å². The Kier molecular flexibility index (Phi) is 4.03. The van der Waals surface area contributed by atoms with E-state index in [2.05, 4.69) is 0 Å². The van der Waals surface area contributed by atoms with Crippen LogP contribution in [0.4, 0.5) is 0 Å². The van der Waals surface area contributed by atoms with Crippen LogP contribution in [0.5, 0.6) is 0 Å². The highest BCUT2D eigenvalue weighted by Gasteiger charge is 2.04. The van der Waals surface area contributed by atoms with Crippen molar-refractivity contribution >= 4 is 5.97 Å². The van der Waals surface area contributed by atoms with Gasteiger partial charge in [-0.25, -0.2) is 9.59 Å². The van der Waals surface area contributed by atoms with Crippen LogP contribution in [0.3, 0.4) is 0 Å². The Morgan fingerprint density at radius 3 is 2.65 bits per heavy atom. The third kappa shape index (κ3) is 2.93. The summed E-state index contributed by atoms with van der Waals surface area (Å²) in [5.74, 6) is -1.07. The minimum atomic E-state index is -1.07. The molecule has 92 valence electrons. The number of aromatic nitrogens is 2. The van der Waals surface area contributed by atoms with Gasteiger partial charge in [0.15, 0.2) is 0 Å². The number of aliphatic carboxylic acids is 1. The molecule has 0 aliphatic carbocycles. The maximum atomic E-state index is 11.8. The van der Waals surface area contributed by atoms with E-state index < -0.39 is 17.2 Å². The summed E-state index contributed by atoms with van der Waals surface area (Å²) in [7, 11) is 0. The third-order valence-electron chi connectivity index (χ3n) is 2.40. The predicted molar refractivity (Wildman–Crippen MR) is 62.0 cm³/mol. The molecule has 0 fully saturated rings. The Morgan fingerprint density at radius 1 is 1.47 bits per heavy atom. The van der Waals surface area contributed by atoms with Gasteiger partial charge < -0.3 is 9.67 Å². The summed E-state index contributed by atoms with van der Waals surface area (Å²) in [6.07, 6.45) is 2.76. The fourth-order valence-electron chi connectivity index (χ4n) is 1.28. The molecule has 17 heavy (non-hydrogen) atoms. The molecule has 0 bridgehead atoms. The summed E-state index contributed by atoms with van der Waals surface area (Å²) in [4.78, 5) is 33.8. The van der Waals surface area contributed by atoms with Crippen LogP contribution in [-0.4, -0.2) is 20.2 Å². The molecule has 0 spiro atoms. The van der Waals surface area contributed by atoms with E-state index in [0.29, 0.717) is 6.54 Å². The lowest BCUT2D eigenvalue weighted by Gasteiger charge is -2.05. The zero-order chi connectivity index (χ0) is 13.0. The average Bonchev–Trinajstić information content (AvgIpc) is 2.28. The van der Waals surface area contributed by atoms with Crippen molar-refractivity contribution in [2.75, 3.05) is 0 Å². The maximum Gasteiger partial charge on any atom is 0.331 e. The number of nitrogens with zero attached hydrogens (tertiary/aromatic N) is 2. The summed E-state index contributed by atoms with van der Waals surface area (Å²) in [5.41, 5.74) is -0.772. The SMILES string of the molecule is CCn1ccc(=O)n(CC=C(C)C(=O)O)c1=O. The molecule has 0 radical (unpaired) electrons. The van der Waals surface area contributed by atoms with Gasteiger partial charge in [0.25, 0.3) is 5.56 Å². The standard InChI is InChI=1S/C11H14N2O4/c1-3-12-6-5-9(14)13(11(12)17)7-4-8(2)10(15)16/h4-6H,3,7H2,1-2H3,(H,15,16). The van der Waals surface area contributed by atoms with E-state index in [4.69, 9.17) is 5.11 Å². The van der Waals surface area contributed by atoms with Crippen LogP contribution in [0, 0.1) is 0 Å². The highest BCUT2D eigenvalue weighted by Crippen LogP contribution is 1.92. The second kappa shape index (κ2) is 5.29. The first-order valence-corrected chi connectivity index (χ1v) is 5.17. The van der Waals surface area contributed by atoms with Crippen LogP contribution in [-0.2, 0) is 17.9 Å². The quantitative estimate of drug-likeness (QED) is 0.752. The highest BCUT2D eigenvalue weighted by atomic mass is 16.4. The minimum absolute atomic E-state index is 0.0311. The van der Waals surface area contributed by atoms with E-state index in [1.807, 2.05) is 0 Å². The second-order valence-electron chi connectivity index (χ2n) is 3.53. The largest absolute Gasteiger partial charge is 0.478 e. The molecule has 1 aromatic heterocycles. The molecule has 1 aromatic rings. The first kappa shape index (κ1) is 13.0. The van der Waals surface area contributed by atoms with Gasteiger partial charge in [-0.05, 0) is 13.8 Å². The van der Waals surface area contributed by atoms with Gasteiger partial charge in [-0.1, -0.05) is 6.08 Å². The fraction of sp³-hybridized carbons (Fsp3) is 0.364. The van der Waals surface area contributed by atoms with Gasteiger partial charge in [-0.15, -0.1) is 0 Å². The molecule has 6 nitrogen and oxygen atoms in total. The van der Waals surface area contributed by atoms with E-state index in [-0.39, 0.29) is 12.1 Å². The molecule has 0 saturated heterocycles. The summed E-state index contributed by atoms with van der Waals surface area (Å²) in [6, 6.07) is 1.29. The molecule has 0 amide bonds. The molecule has 1 rings (SSSR count). The summed E-state index contributed by atoms with van der Waals surface area (Å²) in [5, 5.41) is 8.66.